The average Bonchev–Trinajstić information content (AvgIpc) is 2.86. The van der Waals surface area contributed by atoms with Crippen molar-refractivity contribution in [2.45, 2.75) is 5.92 Å². The highest BCUT2D eigenvalue weighted by Crippen LogP contribution is 2.37. The maximum absolute atomic E-state index is 4.73. The maximum atomic E-state index is 4.73. The molecule has 0 radical (unpaired) electrons. The summed E-state index contributed by atoms with van der Waals surface area (Å²) in [7, 11) is 0. The highest BCUT2D eigenvalue weighted by Gasteiger charge is 2.29. The van der Waals surface area contributed by atoms with Gasteiger partial charge in [0.2, 0.25) is 0 Å². The second-order valence-electron chi connectivity index (χ2n) is 4.95. The van der Waals surface area contributed by atoms with Crippen molar-refractivity contribution in [2.24, 2.45) is 9.98 Å². The fourth-order valence-electron chi connectivity index (χ4n) is 2.76. The SMILES string of the molecule is C1=CC2C(=Nc3ccncc32)N=C1N1CCNCC1. The van der Waals surface area contributed by atoms with Crippen molar-refractivity contribution in [3.63, 3.8) is 0 Å². The second-order valence-corrected chi connectivity index (χ2v) is 4.95. The van der Waals surface area contributed by atoms with Crippen LogP contribution < -0.4 is 5.32 Å². The van der Waals surface area contributed by atoms with E-state index in [1.165, 1.54) is 0 Å². The zero-order chi connectivity index (χ0) is 12.7. The van der Waals surface area contributed by atoms with Crippen LogP contribution in [0, 0.1) is 0 Å². The largest absolute Gasteiger partial charge is 0.354 e. The zero-order valence-electron chi connectivity index (χ0n) is 10.6. The predicted molar refractivity (Wildman–Crippen MR) is 75.1 cm³/mol. The molecule has 5 heteroatoms. The van der Waals surface area contributed by atoms with Gasteiger partial charge in [-0.05, 0) is 12.1 Å². The molecule has 3 aliphatic heterocycles. The van der Waals surface area contributed by atoms with Crippen LogP contribution in [0.3, 0.4) is 0 Å². The number of nitrogens with one attached hydrogen (secondary N) is 1. The molecule has 96 valence electrons. The summed E-state index contributed by atoms with van der Waals surface area (Å²) in [5.41, 5.74) is 2.17. The van der Waals surface area contributed by atoms with Crippen molar-refractivity contribution in [1.29, 1.82) is 0 Å². The van der Waals surface area contributed by atoms with Gasteiger partial charge in [0.05, 0.1) is 11.6 Å². The van der Waals surface area contributed by atoms with E-state index in [4.69, 9.17) is 4.99 Å². The van der Waals surface area contributed by atoms with Crippen LogP contribution in [0.2, 0.25) is 0 Å². The number of rotatable bonds is 0. The molecule has 0 bridgehead atoms. The van der Waals surface area contributed by atoms with Gasteiger partial charge in [-0.2, -0.15) is 0 Å². The van der Waals surface area contributed by atoms with E-state index in [9.17, 15) is 0 Å². The third kappa shape index (κ3) is 1.77. The molecule has 0 amide bonds. The van der Waals surface area contributed by atoms with Gasteiger partial charge in [0.15, 0.2) is 0 Å². The van der Waals surface area contributed by atoms with Crippen LogP contribution in [0.15, 0.2) is 40.6 Å². The number of nitrogens with zero attached hydrogens (tertiary/aromatic N) is 4. The van der Waals surface area contributed by atoms with Crippen LogP contribution in [-0.4, -0.2) is 47.7 Å². The molecule has 19 heavy (non-hydrogen) atoms. The van der Waals surface area contributed by atoms with Gasteiger partial charge in [0.1, 0.15) is 11.7 Å². The first-order chi connectivity index (χ1) is 9.42. The summed E-state index contributed by atoms with van der Waals surface area (Å²) < 4.78 is 0. The Morgan fingerprint density at radius 3 is 3.00 bits per heavy atom. The molecule has 1 fully saturated rings. The Morgan fingerprint density at radius 2 is 2.11 bits per heavy atom. The maximum Gasteiger partial charge on any atom is 0.142 e. The second kappa shape index (κ2) is 4.28. The summed E-state index contributed by atoms with van der Waals surface area (Å²) in [4.78, 5) is 15.8. The molecule has 4 heterocycles. The number of piperazine rings is 1. The van der Waals surface area contributed by atoms with Crippen LogP contribution in [0.1, 0.15) is 11.5 Å². The predicted octanol–water partition coefficient (Wildman–Crippen LogP) is 1.08. The lowest BCUT2D eigenvalue weighted by atomic mass is 9.99. The van der Waals surface area contributed by atoms with E-state index < -0.39 is 0 Å². The van der Waals surface area contributed by atoms with Crippen molar-refractivity contribution >= 4 is 17.4 Å². The molecule has 1 saturated heterocycles. The Balaban J connectivity index is 1.66. The van der Waals surface area contributed by atoms with Crippen LogP contribution in [0.4, 0.5) is 5.69 Å². The van der Waals surface area contributed by atoms with Crippen LogP contribution >= 0.6 is 0 Å². The highest BCUT2D eigenvalue weighted by molar-refractivity contribution is 6.11. The Kier molecular flexibility index (Phi) is 2.45. The Labute approximate surface area is 111 Å². The lowest BCUT2D eigenvalue weighted by molar-refractivity contribution is 0.359. The fraction of sp³-hybridized carbons (Fsp3) is 0.357. The van der Waals surface area contributed by atoms with Crippen LogP contribution in [0.5, 0.6) is 0 Å². The molecule has 0 spiro atoms. The van der Waals surface area contributed by atoms with E-state index in [1.807, 2.05) is 12.3 Å². The minimum Gasteiger partial charge on any atom is -0.354 e. The Morgan fingerprint density at radius 1 is 1.21 bits per heavy atom. The van der Waals surface area contributed by atoms with Gasteiger partial charge in [-0.25, -0.2) is 9.98 Å². The fourth-order valence-corrected chi connectivity index (χ4v) is 2.76. The first-order valence-electron chi connectivity index (χ1n) is 6.67. The van der Waals surface area contributed by atoms with Crippen molar-refractivity contribution in [3.8, 4) is 0 Å². The molecule has 1 atom stereocenters. The van der Waals surface area contributed by atoms with E-state index in [2.05, 4.69) is 32.3 Å². The smallest absolute Gasteiger partial charge is 0.142 e. The number of aromatic nitrogens is 1. The highest BCUT2D eigenvalue weighted by atomic mass is 15.2. The summed E-state index contributed by atoms with van der Waals surface area (Å²) >= 11 is 0. The molecule has 1 aromatic heterocycles. The lowest BCUT2D eigenvalue weighted by Crippen LogP contribution is -2.46. The molecule has 1 unspecified atom stereocenters. The Bertz CT molecular complexity index is 596. The molecule has 0 aromatic carbocycles. The van der Waals surface area contributed by atoms with Crippen molar-refractivity contribution in [2.75, 3.05) is 26.2 Å². The van der Waals surface area contributed by atoms with E-state index >= 15 is 0 Å². The minimum atomic E-state index is 0.190. The minimum absolute atomic E-state index is 0.190. The third-order valence-electron chi connectivity index (χ3n) is 3.78. The number of hydrogen-bond acceptors (Lipinski definition) is 5. The van der Waals surface area contributed by atoms with Crippen molar-refractivity contribution in [1.82, 2.24) is 15.2 Å². The van der Waals surface area contributed by atoms with Gasteiger partial charge < -0.3 is 10.2 Å². The Hall–Kier alpha value is -2.01. The first-order valence-corrected chi connectivity index (χ1v) is 6.67. The van der Waals surface area contributed by atoms with Gasteiger partial charge in [-0.1, -0.05) is 6.08 Å². The standard InChI is InChI=1S/C14H15N5/c1-2-13(19-7-5-15-6-8-19)18-14-10(1)11-9-16-4-3-12(11)17-14/h1-4,9-10,15H,5-8H2. The molecule has 5 nitrogen and oxygen atoms in total. The van der Waals surface area contributed by atoms with Gasteiger partial charge in [-0.3, -0.25) is 4.98 Å². The quantitative estimate of drug-likeness (QED) is 0.753. The summed E-state index contributed by atoms with van der Waals surface area (Å²) in [6.45, 7) is 4.06. The number of dihydropyridines is 1. The van der Waals surface area contributed by atoms with E-state index in [1.54, 1.807) is 6.20 Å². The van der Waals surface area contributed by atoms with E-state index in [0.29, 0.717) is 0 Å². The molecule has 1 aromatic rings. The number of amidine groups is 2. The van der Waals surface area contributed by atoms with Crippen molar-refractivity contribution < 1.29 is 0 Å². The number of hydrogen-bond donors (Lipinski definition) is 1. The number of aliphatic imine (C=N–C) groups is 2. The van der Waals surface area contributed by atoms with Gasteiger partial charge in [0, 0.05) is 44.1 Å². The molecular weight excluding hydrogens is 238 g/mol. The molecule has 0 aliphatic carbocycles. The topological polar surface area (TPSA) is 52.9 Å². The summed E-state index contributed by atoms with van der Waals surface area (Å²) in [6, 6.07) is 1.95. The zero-order valence-corrected chi connectivity index (χ0v) is 10.6. The molecule has 1 N–H and O–H groups in total. The van der Waals surface area contributed by atoms with Gasteiger partial charge >= 0.3 is 0 Å². The lowest BCUT2D eigenvalue weighted by Gasteiger charge is -2.30. The monoisotopic (exact) mass is 253 g/mol. The number of fused-ring (bicyclic) bond motifs is 3. The molecule has 3 aliphatic rings. The first kappa shape index (κ1) is 10.9. The van der Waals surface area contributed by atoms with Crippen LogP contribution in [0.25, 0.3) is 0 Å². The van der Waals surface area contributed by atoms with Gasteiger partial charge in [-0.15, -0.1) is 0 Å². The summed E-state index contributed by atoms with van der Waals surface area (Å²) in [5.74, 6) is 2.13. The summed E-state index contributed by atoms with van der Waals surface area (Å²) in [5, 5.41) is 3.36. The van der Waals surface area contributed by atoms with Crippen molar-refractivity contribution in [3.05, 3.63) is 36.2 Å². The molecule has 0 saturated carbocycles. The van der Waals surface area contributed by atoms with Gasteiger partial charge in [0.25, 0.3) is 0 Å². The van der Waals surface area contributed by atoms with E-state index in [0.717, 1.165) is 49.1 Å². The molecule has 4 rings (SSSR count). The van der Waals surface area contributed by atoms with E-state index in [-0.39, 0.29) is 5.92 Å². The van der Waals surface area contributed by atoms with Crippen LogP contribution in [-0.2, 0) is 0 Å². The normalized spacial score (nSPS) is 24.6. The summed E-state index contributed by atoms with van der Waals surface area (Å²) in [6.07, 6.45) is 7.99. The number of pyridine rings is 1. The molecular formula is C14H15N5. The average molecular weight is 253 g/mol. The third-order valence-corrected chi connectivity index (χ3v) is 3.78.